The highest BCUT2D eigenvalue weighted by molar-refractivity contribution is 5.96. The van der Waals surface area contributed by atoms with Crippen molar-refractivity contribution in [2.45, 2.75) is 18.9 Å². The Morgan fingerprint density at radius 3 is 3.24 bits per heavy atom. The second-order valence-corrected chi connectivity index (χ2v) is 6.44. The Hall–Kier alpha value is -2.67. The van der Waals surface area contributed by atoms with E-state index in [1.54, 1.807) is 12.4 Å². The van der Waals surface area contributed by atoms with Crippen LogP contribution in [0.2, 0.25) is 0 Å². The monoisotopic (exact) mass is 339 g/mol. The number of carbonyl (C=O) groups excluding carboxylic acids is 1. The van der Waals surface area contributed by atoms with Gasteiger partial charge in [0.25, 0.3) is 5.91 Å². The van der Waals surface area contributed by atoms with Gasteiger partial charge in [-0.2, -0.15) is 0 Å². The molecule has 130 valence electrons. The first kappa shape index (κ1) is 15.8. The third-order valence-corrected chi connectivity index (χ3v) is 4.74. The van der Waals surface area contributed by atoms with Gasteiger partial charge in [-0.3, -0.25) is 4.79 Å². The fourth-order valence-electron chi connectivity index (χ4n) is 3.38. The number of fused-ring (bicyclic) bond motifs is 1. The fraction of sp³-hybridized carbons (Fsp3) is 0.389. The summed E-state index contributed by atoms with van der Waals surface area (Å²) in [7, 11) is 1.97. The van der Waals surface area contributed by atoms with Gasteiger partial charge in [-0.15, -0.1) is 0 Å². The van der Waals surface area contributed by atoms with Gasteiger partial charge in [0.1, 0.15) is 17.6 Å². The molecule has 4 rings (SSSR count). The van der Waals surface area contributed by atoms with Crippen LogP contribution in [0.1, 0.15) is 35.1 Å². The normalized spacial score (nSPS) is 20.7. The summed E-state index contributed by atoms with van der Waals surface area (Å²) in [6.07, 6.45) is 9.03. The van der Waals surface area contributed by atoms with Crippen LogP contribution in [0.15, 0.2) is 36.9 Å². The van der Waals surface area contributed by atoms with Crippen LogP contribution in [0, 0.1) is 5.92 Å². The lowest BCUT2D eigenvalue weighted by atomic mass is 9.93. The number of carbonyl (C=O) groups is 1. The third kappa shape index (κ3) is 3.15. The molecule has 2 atom stereocenters. The van der Waals surface area contributed by atoms with Crippen molar-refractivity contribution in [1.82, 2.24) is 24.8 Å². The maximum absolute atomic E-state index is 12.5. The molecule has 0 radical (unpaired) electrons. The number of imidazole rings is 1. The molecular formula is C18H21N5O2. The lowest BCUT2D eigenvalue weighted by molar-refractivity contribution is -0.0337. The van der Waals surface area contributed by atoms with Crippen LogP contribution in [0.4, 0.5) is 0 Å². The lowest BCUT2D eigenvalue weighted by Crippen LogP contribution is -2.36. The summed E-state index contributed by atoms with van der Waals surface area (Å²) in [6.45, 7) is 1.29. The maximum Gasteiger partial charge on any atom is 0.252 e. The van der Waals surface area contributed by atoms with Crippen LogP contribution >= 0.6 is 0 Å². The molecule has 0 spiro atoms. The average Bonchev–Trinajstić information content (AvgIpc) is 3.27. The van der Waals surface area contributed by atoms with Crippen LogP contribution in [-0.4, -0.2) is 38.6 Å². The number of nitrogens with one attached hydrogen (secondary N) is 2. The topological polar surface area (TPSA) is 84.8 Å². The molecular weight excluding hydrogens is 318 g/mol. The van der Waals surface area contributed by atoms with Gasteiger partial charge in [-0.05, 0) is 25.0 Å². The molecule has 1 amide bonds. The van der Waals surface area contributed by atoms with Crippen molar-refractivity contribution in [1.29, 1.82) is 0 Å². The predicted molar refractivity (Wildman–Crippen MR) is 93.1 cm³/mol. The van der Waals surface area contributed by atoms with Crippen molar-refractivity contribution >= 4 is 16.9 Å². The van der Waals surface area contributed by atoms with Crippen molar-refractivity contribution in [2.24, 2.45) is 13.0 Å². The molecule has 1 fully saturated rings. The zero-order valence-electron chi connectivity index (χ0n) is 14.1. The molecule has 1 aliphatic rings. The van der Waals surface area contributed by atoms with Gasteiger partial charge >= 0.3 is 0 Å². The predicted octanol–water partition coefficient (Wildman–Crippen LogP) is 2.19. The number of H-pyrrole nitrogens is 1. The van der Waals surface area contributed by atoms with Crippen LogP contribution in [0.25, 0.3) is 11.0 Å². The number of rotatable bonds is 4. The van der Waals surface area contributed by atoms with Gasteiger partial charge in [0.05, 0.1) is 5.56 Å². The Morgan fingerprint density at radius 1 is 1.48 bits per heavy atom. The van der Waals surface area contributed by atoms with Crippen LogP contribution in [0.5, 0.6) is 0 Å². The molecule has 4 heterocycles. The maximum atomic E-state index is 12.5. The number of aromatic amines is 1. The summed E-state index contributed by atoms with van der Waals surface area (Å²) in [5.74, 6) is 1.01. The summed E-state index contributed by atoms with van der Waals surface area (Å²) < 4.78 is 7.93. The van der Waals surface area contributed by atoms with E-state index in [0.29, 0.717) is 12.1 Å². The largest absolute Gasteiger partial charge is 0.370 e. The molecule has 7 heteroatoms. The van der Waals surface area contributed by atoms with E-state index in [1.807, 2.05) is 36.1 Å². The fourth-order valence-corrected chi connectivity index (χ4v) is 3.38. The second kappa shape index (κ2) is 6.68. The highest BCUT2D eigenvalue weighted by Crippen LogP contribution is 2.32. The molecule has 25 heavy (non-hydrogen) atoms. The number of hydrogen-bond donors (Lipinski definition) is 2. The molecule has 1 saturated heterocycles. The molecule has 7 nitrogen and oxygen atoms in total. The van der Waals surface area contributed by atoms with E-state index in [2.05, 4.69) is 20.3 Å². The third-order valence-electron chi connectivity index (χ3n) is 4.74. The van der Waals surface area contributed by atoms with E-state index in [0.717, 1.165) is 36.3 Å². The molecule has 0 unspecified atom stereocenters. The second-order valence-electron chi connectivity index (χ2n) is 6.44. The SMILES string of the molecule is Cn1ccnc1[C@@H]1OCCC[C@H]1CNC(=O)c1cnc2[nH]ccc2c1. The standard InChI is InChI=1S/C18H21N5O2/c1-23-7-6-20-17(23)15-13(3-2-8-25-15)10-22-18(24)14-9-12-4-5-19-16(12)21-11-14/h4-7,9,11,13,15H,2-3,8,10H2,1H3,(H,19,21)(H,22,24)/t13-,15+/m0/s1. The molecule has 0 bridgehead atoms. The Balaban J connectivity index is 1.45. The number of hydrogen-bond acceptors (Lipinski definition) is 4. The van der Waals surface area contributed by atoms with E-state index in [4.69, 9.17) is 4.74 Å². The Morgan fingerprint density at radius 2 is 2.40 bits per heavy atom. The lowest BCUT2D eigenvalue weighted by Gasteiger charge is -2.31. The Kier molecular flexibility index (Phi) is 4.23. The van der Waals surface area contributed by atoms with E-state index in [1.165, 1.54) is 0 Å². The first-order valence-electron chi connectivity index (χ1n) is 8.52. The van der Waals surface area contributed by atoms with Gasteiger partial charge in [-0.1, -0.05) is 0 Å². The number of aryl methyl sites for hydroxylation is 1. The summed E-state index contributed by atoms with van der Waals surface area (Å²) in [5, 5.41) is 3.96. The van der Waals surface area contributed by atoms with Crippen molar-refractivity contribution < 1.29 is 9.53 Å². The summed E-state index contributed by atoms with van der Waals surface area (Å²) in [6, 6.07) is 3.76. The minimum atomic E-state index is -0.111. The van der Waals surface area contributed by atoms with Crippen LogP contribution < -0.4 is 5.32 Å². The zero-order valence-corrected chi connectivity index (χ0v) is 14.1. The number of nitrogens with zero attached hydrogens (tertiary/aromatic N) is 3. The van der Waals surface area contributed by atoms with E-state index >= 15 is 0 Å². The quantitative estimate of drug-likeness (QED) is 0.763. The first-order valence-corrected chi connectivity index (χ1v) is 8.52. The van der Waals surface area contributed by atoms with Gasteiger partial charge in [-0.25, -0.2) is 9.97 Å². The molecule has 3 aromatic heterocycles. The summed E-state index contributed by atoms with van der Waals surface area (Å²) in [4.78, 5) is 24.2. The Bertz CT molecular complexity index is 884. The van der Waals surface area contributed by atoms with Crippen molar-refractivity contribution in [3.8, 4) is 0 Å². The molecule has 0 saturated carbocycles. The smallest absolute Gasteiger partial charge is 0.252 e. The molecule has 2 N–H and O–H groups in total. The molecule has 1 aliphatic heterocycles. The number of aromatic nitrogens is 4. The first-order chi connectivity index (χ1) is 12.2. The van der Waals surface area contributed by atoms with Gasteiger partial charge in [0, 0.05) is 56.3 Å². The number of ether oxygens (including phenoxy) is 1. The van der Waals surface area contributed by atoms with Crippen molar-refractivity contribution in [3.63, 3.8) is 0 Å². The van der Waals surface area contributed by atoms with Crippen molar-refractivity contribution in [3.05, 3.63) is 48.3 Å². The molecule has 0 aliphatic carbocycles. The summed E-state index contributed by atoms with van der Waals surface area (Å²) in [5.41, 5.74) is 1.35. The number of pyridine rings is 1. The highest BCUT2D eigenvalue weighted by atomic mass is 16.5. The summed E-state index contributed by atoms with van der Waals surface area (Å²) >= 11 is 0. The zero-order chi connectivity index (χ0) is 17.2. The highest BCUT2D eigenvalue weighted by Gasteiger charge is 2.30. The van der Waals surface area contributed by atoms with E-state index < -0.39 is 0 Å². The minimum Gasteiger partial charge on any atom is -0.370 e. The Labute approximate surface area is 145 Å². The van der Waals surface area contributed by atoms with E-state index in [9.17, 15) is 4.79 Å². The van der Waals surface area contributed by atoms with Crippen LogP contribution in [-0.2, 0) is 11.8 Å². The van der Waals surface area contributed by atoms with Crippen LogP contribution in [0.3, 0.4) is 0 Å². The average molecular weight is 339 g/mol. The number of amides is 1. The van der Waals surface area contributed by atoms with Gasteiger partial charge in [0.2, 0.25) is 0 Å². The van der Waals surface area contributed by atoms with Gasteiger partial charge in [0.15, 0.2) is 0 Å². The van der Waals surface area contributed by atoms with Crippen molar-refractivity contribution in [2.75, 3.05) is 13.2 Å². The molecule has 3 aromatic rings. The van der Waals surface area contributed by atoms with E-state index in [-0.39, 0.29) is 17.9 Å². The molecule has 0 aromatic carbocycles. The minimum absolute atomic E-state index is 0.0840. The van der Waals surface area contributed by atoms with Gasteiger partial charge < -0.3 is 19.6 Å².